The number of benzene rings is 2. The summed E-state index contributed by atoms with van der Waals surface area (Å²) < 4.78 is 13.9. The number of nitrogens with one attached hydrogen (secondary N) is 1. The van der Waals surface area contributed by atoms with Crippen molar-refractivity contribution >= 4 is 5.69 Å². The summed E-state index contributed by atoms with van der Waals surface area (Å²) in [6.45, 7) is 3.87. The number of anilines is 1. The van der Waals surface area contributed by atoms with Crippen molar-refractivity contribution in [2.45, 2.75) is 25.9 Å². The van der Waals surface area contributed by atoms with E-state index < -0.39 is 0 Å². The van der Waals surface area contributed by atoms with Crippen LogP contribution in [0.3, 0.4) is 0 Å². The second kappa shape index (κ2) is 5.86. The minimum atomic E-state index is -0.131. The smallest absolute Gasteiger partial charge is 0.127 e. The van der Waals surface area contributed by atoms with Crippen molar-refractivity contribution in [3.8, 4) is 0 Å². The van der Waals surface area contributed by atoms with Crippen molar-refractivity contribution in [2.75, 3.05) is 18.9 Å². The van der Waals surface area contributed by atoms with Gasteiger partial charge in [0.2, 0.25) is 0 Å². The van der Waals surface area contributed by atoms with Crippen LogP contribution in [0.25, 0.3) is 0 Å². The zero-order valence-corrected chi connectivity index (χ0v) is 12.6. The third kappa shape index (κ3) is 2.79. The highest BCUT2D eigenvalue weighted by Gasteiger charge is 2.19. The highest BCUT2D eigenvalue weighted by molar-refractivity contribution is 5.61. The van der Waals surface area contributed by atoms with Gasteiger partial charge in [-0.15, -0.1) is 0 Å². The van der Waals surface area contributed by atoms with Gasteiger partial charge in [-0.25, -0.2) is 4.39 Å². The molecule has 1 aliphatic heterocycles. The van der Waals surface area contributed by atoms with Crippen LogP contribution in [0.1, 0.15) is 29.7 Å². The Hall–Kier alpha value is -1.87. The van der Waals surface area contributed by atoms with E-state index in [9.17, 15) is 4.39 Å². The van der Waals surface area contributed by atoms with Crippen molar-refractivity contribution in [3.63, 3.8) is 0 Å². The first-order valence-corrected chi connectivity index (χ1v) is 7.46. The molecule has 0 aromatic heterocycles. The molecule has 110 valence electrons. The number of para-hydroxylation sites is 1. The molecule has 2 nitrogen and oxygen atoms in total. The Labute approximate surface area is 125 Å². The maximum absolute atomic E-state index is 13.9. The number of fused-ring (bicyclic) bond motifs is 1. The van der Waals surface area contributed by atoms with Crippen LogP contribution in [0.15, 0.2) is 42.5 Å². The fraction of sp³-hybridized carbons (Fsp3) is 0.333. The quantitative estimate of drug-likeness (QED) is 0.913. The molecule has 1 heterocycles. The summed E-state index contributed by atoms with van der Waals surface area (Å²) in [5, 5.41) is 3.46. The number of halogens is 1. The first-order valence-electron chi connectivity index (χ1n) is 7.46. The molecule has 1 N–H and O–H groups in total. The van der Waals surface area contributed by atoms with Crippen LogP contribution in [-0.2, 0) is 13.0 Å². The third-order valence-corrected chi connectivity index (χ3v) is 4.37. The second-order valence-electron chi connectivity index (χ2n) is 5.74. The van der Waals surface area contributed by atoms with E-state index in [-0.39, 0.29) is 11.9 Å². The lowest BCUT2D eigenvalue weighted by atomic mass is 10.0. The Morgan fingerprint density at radius 2 is 2.00 bits per heavy atom. The standard InChI is InChI=1S/C18H21FN2/c1-13(16-8-3-4-9-17(16)19)21(2)12-15-7-5-6-14-10-11-20-18(14)15/h3-9,13,20H,10-12H2,1-2H3. The third-order valence-electron chi connectivity index (χ3n) is 4.37. The zero-order chi connectivity index (χ0) is 14.8. The zero-order valence-electron chi connectivity index (χ0n) is 12.6. The van der Waals surface area contributed by atoms with Gasteiger partial charge in [0.05, 0.1) is 0 Å². The molecular formula is C18H21FN2. The van der Waals surface area contributed by atoms with Crippen LogP contribution >= 0.6 is 0 Å². The van der Waals surface area contributed by atoms with Crippen LogP contribution < -0.4 is 5.32 Å². The molecule has 2 aromatic carbocycles. The SMILES string of the molecule is CC(c1ccccc1F)N(C)Cc1cccc2c1NCC2. The van der Waals surface area contributed by atoms with E-state index >= 15 is 0 Å². The number of rotatable bonds is 4. The van der Waals surface area contributed by atoms with Gasteiger partial charge in [0, 0.05) is 30.4 Å². The maximum Gasteiger partial charge on any atom is 0.127 e. The van der Waals surface area contributed by atoms with Gasteiger partial charge in [0.25, 0.3) is 0 Å². The van der Waals surface area contributed by atoms with E-state index in [1.54, 1.807) is 6.07 Å². The molecule has 0 amide bonds. The van der Waals surface area contributed by atoms with Crippen LogP contribution in [0.2, 0.25) is 0 Å². The predicted molar refractivity (Wildman–Crippen MR) is 84.9 cm³/mol. The first-order chi connectivity index (χ1) is 10.2. The lowest BCUT2D eigenvalue weighted by molar-refractivity contribution is 0.248. The van der Waals surface area contributed by atoms with Crippen LogP contribution in [-0.4, -0.2) is 18.5 Å². The monoisotopic (exact) mass is 284 g/mol. The van der Waals surface area contributed by atoms with Gasteiger partial charge in [-0.1, -0.05) is 36.4 Å². The van der Waals surface area contributed by atoms with Crippen molar-refractivity contribution in [1.82, 2.24) is 4.90 Å². The van der Waals surface area contributed by atoms with Gasteiger partial charge in [0.1, 0.15) is 5.82 Å². The number of nitrogens with zero attached hydrogens (tertiary/aromatic N) is 1. The fourth-order valence-corrected chi connectivity index (χ4v) is 3.00. The molecule has 0 fully saturated rings. The second-order valence-corrected chi connectivity index (χ2v) is 5.74. The van der Waals surface area contributed by atoms with Gasteiger partial charge in [-0.3, -0.25) is 4.90 Å². The highest BCUT2D eigenvalue weighted by Crippen LogP contribution is 2.29. The highest BCUT2D eigenvalue weighted by atomic mass is 19.1. The van der Waals surface area contributed by atoms with Crippen LogP contribution in [0.5, 0.6) is 0 Å². The summed E-state index contributed by atoms with van der Waals surface area (Å²) in [5.41, 5.74) is 4.70. The number of hydrogen-bond donors (Lipinski definition) is 1. The van der Waals surface area contributed by atoms with Crippen molar-refractivity contribution in [2.24, 2.45) is 0 Å². The topological polar surface area (TPSA) is 15.3 Å². The Kier molecular flexibility index (Phi) is 3.93. The summed E-state index contributed by atoms with van der Waals surface area (Å²) in [5.74, 6) is -0.131. The number of hydrogen-bond acceptors (Lipinski definition) is 2. The Bertz CT molecular complexity index is 639. The molecule has 0 bridgehead atoms. The summed E-state index contributed by atoms with van der Waals surface area (Å²) in [6, 6.07) is 13.5. The maximum atomic E-state index is 13.9. The Morgan fingerprint density at radius 1 is 1.19 bits per heavy atom. The summed E-state index contributed by atoms with van der Waals surface area (Å²) in [4.78, 5) is 2.19. The van der Waals surface area contributed by atoms with Gasteiger partial charge >= 0.3 is 0 Å². The minimum Gasteiger partial charge on any atom is -0.384 e. The molecule has 1 atom stereocenters. The summed E-state index contributed by atoms with van der Waals surface area (Å²) >= 11 is 0. The summed E-state index contributed by atoms with van der Waals surface area (Å²) in [7, 11) is 2.05. The largest absolute Gasteiger partial charge is 0.384 e. The van der Waals surface area contributed by atoms with Crippen LogP contribution in [0.4, 0.5) is 10.1 Å². The molecule has 1 unspecified atom stereocenters. The predicted octanol–water partition coefficient (Wildman–Crippen LogP) is 3.99. The molecule has 2 aromatic rings. The van der Waals surface area contributed by atoms with Gasteiger partial charge in [-0.05, 0) is 37.6 Å². The van der Waals surface area contributed by atoms with Crippen molar-refractivity contribution in [3.05, 3.63) is 65.0 Å². The Balaban J connectivity index is 1.79. The molecule has 0 spiro atoms. The molecule has 21 heavy (non-hydrogen) atoms. The van der Waals surface area contributed by atoms with E-state index in [1.165, 1.54) is 22.9 Å². The molecule has 3 heteroatoms. The Morgan fingerprint density at radius 3 is 2.81 bits per heavy atom. The van der Waals surface area contributed by atoms with Crippen molar-refractivity contribution < 1.29 is 4.39 Å². The molecule has 0 radical (unpaired) electrons. The van der Waals surface area contributed by atoms with E-state index in [0.29, 0.717) is 0 Å². The van der Waals surface area contributed by atoms with E-state index in [4.69, 9.17) is 0 Å². The molecular weight excluding hydrogens is 263 g/mol. The van der Waals surface area contributed by atoms with Crippen LogP contribution in [0, 0.1) is 5.82 Å². The first kappa shape index (κ1) is 14.1. The van der Waals surface area contributed by atoms with Gasteiger partial charge < -0.3 is 5.32 Å². The summed E-state index contributed by atoms with van der Waals surface area (Å²) in [6.07, 6.45) is 1.09. The fourth-order valence-electron chi connectivity index (χ4n) is 3.00. The molecule has 0 saturated carbocycles. The minimum absolute atomic E-state index is 0.0449. The van der Waals surface area contributed by atoms with Gasteiger partial charge in [0.15, 0.2) is 0 Å². The van der Waals surface area contributed by atoms with Gasteiger partial charge in [-0.2, -0.15) is 0 Å². The average Bonchev–Trinajstić information content (AvgIpc) is 2.96. The normalized spacial score (nSPS) is 14.9. The molecule has 3 rings (SSSR count). The van der Waals surface area contributed by atoms with E-state index in [1.807, 2.05) is 19.2 Å². The average molecular weight is 284 g/mol. The van der Waals surface area contributed by atoms with E-state index in [0.717, 1.165) is 25.1 Å². The van der Waals surface area contributed by atoms with Crippen molar-refractivity contribution in [1.29, 1.82) is 0 Å². The molecule has 0 aliphatic carbocycles. The lowest BCUT2D eigenvalue weighted by Crippen LogP contribution is -2.23. The molecule has 1 aliphatic rings. The lowest BCUT2D eigenvalue weighted by Gasteiger charge is -2.26. The van der Waals surface area contributed by atoms with E-state index in [2.05, 4.69) is 35.3 Å². The molecule has 0 saturated heterocycles.